The lowest BCUT2D eigenvalue weighted by atomic mass is 9.88. The Bertz CT molecular complexity index is 1860. The summed E-state index contributed by atoms with van der Waals surface area (Å²) in [5.41, 5.74) is 5.37. The van der Waals surface area contributed by atoms with E-state index in [0.717, 1.165) is 11.3 Å². The maximum Gasteiger partial charge on any atom is 0.274 e. The third-order valence-corrected chi connectivity index (χ3v) is 8.50. The summed E-state index contributed by atoms with van der Waals surface area (Å²) in [5, 5.41) is 13.7. The Morgan fingerprint density at radius 3 is 2.48 bits per heavy atom. The number of hydrogen-bond donors (Lipinski definition) is 2. The van der Waals surface area contributed by atoms with Crippen LogP contribution in [0.25, 0.3) is 11.1 Å². The van der Waals surface area contributed by atoms with E-state index in [2.05, 4.69) is 36.1 Å². The van der Waals surface area contributed by atoms with Gasteiger partial charge in [0.25, 0.3) is 17.4 Å². The number of fused-ring (bicyclic) bond motifs is 1. The van der Waals surface area contributed by atoms with Gasteiger partial charge in [0.05, 0.1) is 36.6 Å². The summed E-state index contributed by atoms with van der Waals surface area (Å²) in [5.74, 6) is 0.133. The van der Waals surface area contributed by atoms with Crippen LogP contribution in [0, 0.1) is 0 Å². The molecular weight excluding hydrogens is 584 g/mol. The number of rotatable bonds is 6. The van der Waals surface area contributed by atoms with Crippen molar-refractivity contribution < 1.29 is 19.4 Å². The second-order valence-electron chi connectivity index (χ2n) is 12.7. The summed E-state index contributed by atoms with van der Waals surface area (Å²) in [4.78, 5) is 52.1. The van der Waals surface area contributed by atoms with Gasteiger partial charge in [0, 0.05) is 67.5 Å². The van der Waals surface area contributed by atoms with Gasteiger partial charge < -0.3 is 29.5 Å². The van der Waals surface area contributed by atoms with Gasteiger partial charge in [-0.3, -0.25) is 19.4 Å². The molecule has 0 unspecified atom stereocenters. The van der Waals surface area contributed by atoms with Crippen molar-refractivity contribution in [3.8, 4) is 11.1 Å². The van der Waals surface area contributed by atoms with Gasteiger partial charge in [-0.15, -0.1) is 0 Å². The van der Waals surface area contributed by atoms with E-state index in [4.69, 9.17) is 4.74 Å². The molecule has 0 aliphatic carbocycles. The molecule has 5 heterocycles. The van der Waals surface area contributed by atoms with Crippen molar-refractivity contribution in [1.82, 2.24) is 19.4 Å². The Morgan fingerprint density at radius 2 is 1.78 bits per heavy atom. The Labute approximate surface area is 267 Å². The summed E-state index contributed by atoms with van der Waals surface area (Å²) in [6.07, 6.45) is 5.53. The van der Waals surface area contributed by atoms with Crippen LogP contribution in [-0.2, 0) is 30.2 Å². The summed E-state index contributed by atoms with van der Waals surface area (Å²) in [6.45, 7) is 8.54. The lowest BCUT2D eigenvalue weighted by molar-refractivity contribution is 0.0302. The molecule has 2 aliphatic rings. The minimum Gasteiger partial charge on any atom is -0.392 e. The van der Waals surface area contributed by atoms with Crippen LogP contribution in [0.3, 0.4) is 0 Å². The molecule has 1 saturated heterocycles. The molecule has 0 saturated carbocycles. The van der Waals surface area contributed by atoms with E-state index >= 15 is 0 Å². The number of nitrogens with zero attached hydrogens (tertiary/aromatic N) is 5. The summed E-state index contributed by atoms with van der Waals surface area (Å²) >= 11 is 0. The number of amides is 2. The van der Waals surface area contributed by atoms with E-state index in [1.807, 2.05) is 24.3 Å². The van der Waals surface area contributed by atoms with Gasteiger partial charge in [-0.25, -0.2) is 4.98 Å². The monoisotopic (exact) mass is 622 g/mol. The van der Waals surface area contributed by atoms with Crippen LogP contribution in [0.2, 0.25) is 0 Å². The third-order valence-electron chi connectivity index (χ3n) is 8.50. The fraction of sp³-hybridized carbons (Fsp3) is 0.343. The van der Waals surface area contributed by atoms with Crippen molar-refractivity contribution in [2.45, 2.75) is 39.2 Å². The summed E-state index contributed by atoms with van der Waals surface area (Å²) < 4.78 is 6.79. The molecule has 1 fully saturated rings. The molecule has 0 spiro atoms. The van der Waals surface area contributed by atoms with Crippen molar-refractivity contribution in [2.24, 2.45) is 7.05 Å². The maximum atomic E-state index is 13.7. The van der Waals surface area contributed by atoms with E-state index in [-0.39, 0.29) is 35.1 Å². The molecule has 3 aromatic heterocycles. The first-order chi connectivity index (χ1) is 22.0. The van der Waals surface area contributed by atoms with Gasteiger partial charge in [0.1, 0.15) is 11.5 Å². The van der Waals surface area contributed by atoms with Gasteiger partial charge in [0.2, 0.25) is 0 Å². The number of pyridine rings is 3. The maximum absolute atomic E-state index is 13.7. The Morgan fingerprint density at radius 1 is 1.00 bits per heavy atom. The third kappa shape index (κ3) is 6.03. The van der Waals surface area contributed by atoms with Gasteiger partial charge in [-0.1, -0.05) is 32.9 Å². The number of nitrogens with one attached hydrogen (secondary N) is 1. The first kappa shape index (κ1) is 31.1. The van der Waals surface area contributed by atoms with Crippen molar-refractivity contribution >= 4 is 29.0 Å². The van der Waals surface area contributed by atoms with E-state index in [0.29, 0.717) is 78.6 Å². The highest BCUT2D eigenvalue weighted by molar-refractivity contribution is 6.08. The van der Waals surface area contributed by atoms with E-state index in [1.54, 1.807) is 47.4 Å². The van der Waals surface area contributed by atoms with Crippen LogP contribution in [0.15, 0.2) is 65.8 Å². The van der Waals surface area contributed by atoms with Gasteiger partial charge in [-0.05, 0) is 47.9 Å². The zero-order valence-corrected chi connectivity index (χ0v) is 26.5. The number of benzene rings is 1. The molecule has 2 aliphatic heterocycles. The number of aliphatic hydroxyl groups is 1. The summed E-state index contributed by atoms with van der Waals surface area (Å²) in [7, 11) is 1.65. The Hall–Kier alpha value is -4.87. The van der Waals surface area contributed by atoms with Crippen LogP contribution in [0.1, 0.15) is 58.3 Å². The second-order valence-corrected chi connectivity index (χ2v) is 12.7. The number of aliphatic hydroxyl groups excluding tert-OH is 1. The molecule has 1 aromatic carbocycles. The van der Waals surface area contributed by atoms with Crippen LogP contribution in [-0.4, -0.2) is 69.2 Å². The highest BCUT2D eigenvalue weighted by Gasteiger charge is 2.30. The average molecular weight is 623 g/mol. The predicted molar refractivity (Wildman–Crippen MR) is 176 cm³/mol. The molecule has 2 N–H and O–H groups in total. The zero-order chi connectivity index (χ0) is 32.6. The standard InChI is InChI=1S/C35H38N6O5/c1-35(2,3)30-17-22-10-11-41(33(44)26(22)19-36-30)29-7-5-6-25(27(29)21-42)24-16-28(34(45)39(4)20-24)38-31-9-8-23(18-37-31)32(43)40-12-14-46-15-13-40/h5-9,16-20,42H,10-15,21H2,1-4H3,(H,37,38). The zero-order valence-electron chi connectivity index (χ0n) is 26.5. The molecule has 46 heavy (non-hydrogen) atoms. The van der Waals surface area contributed by atoms with Crippen molar-refractivity contribution in [3.63, 3.8) is 0 Å². The second kappa shape index (κ2) is 12.5. The highest BCUT2D eigenvalue weighted by atomic mass is 16.5. The largest absolute Gasteiger partial charge is 0.392 e. The van der Waals surface area contributed by atoms with Crippen LogP contribution in [0.4, 0.5) is 17.2 Å². The predicted octanol–water partition coefficient (Wildman–Crippen LogP) is 4.05. The normalized spacial score (nSPS) is 15.1. The van der Waals surface area contributed by atoms with E-state index in [1.165, 1.54) is 10.8 Å². The van der Waals surface area contributed by atoms with Crippen molar-refractivity contribution in [2.75, 3.05) is 43.1 Å². The minimum atomic E-state index is -0.310. The molecule has 11 nitrogen and oxygen atoms in total. The molecular formula is C35H38N6O5. The first-order valence-corrected chi connectivity index (χ1v) is 15.4. The fourth-order valence-electron chi connectivity index (χ4n) is 5.91. The lowest BCUT2D eigenvalue weighted by Crippen LogP contribution is -2.40. The van der Waals surface area contributed by atoms with E-state index < -0.39 is 0 Å². The number of anilines is 3. The van der Waals surface area contributed by atoms with Crippen LogP contribution in [0.5, 0.6) is 0 Å². The highest BCUT2D eigenvalue weighted by Crippen LogP contribution is 2.35. The smallest absolute Gasteiger partial charge is 0.274 e. The molecule has 238 valence electrons. The summed E-state index contributed by atoms with van der Waals surface area (Å²) in [6, 6.07) is 12.6. The quantitative estimate of drug-likeness (QED) is 0.330. The number of aromatic nitrogens is 3. The molecule has 2 amide bonds. The molecule has 11 heteroatoms. The fourth-order valence-corrected chi connectivity index (χ4v) is 5.91. The first-order valence-electron chi connectivity index (χ1n) is 15.4. The number of aryl methyl sites for hydroxylation is 1. The number of ether oxygens (including phenoxy) is 1. The molecule has 0 atom stereocenters. The van der Waals surface area contributed by atoms with Gasteiger partial charge >= 0.3 is 0 Å². The SMILES string of the molecule is Cn1cc(-c2cccc(N3CCc4cc(C(C)(C)C)ncc4C3=O)c2CO)cc(Nc2ccc(C(=O)N3CCOCC3)cn2)c1=O. The van der Waals surface area contributed by atoms with Crippen molar-refractivity contribution in [1.29, 1.82) is 0 Å². The topological polar surface area (TPSA) is 130 Å². The minimum absolute atomic E-state index is 0.113. The van der Waals surface area contributed by atoms with Crippen molar-refractivity contribution in [3.05, 3.63) is 99.4 Å². The molecule has 0 bridgehead atoms. The number of carbonyl (C=O) groups excluding carboxylic acids is 2. The van der Waals surface area contributed by atoms with Crippen LogP contribution >= 0.6 is 0 Å². The number of morpholine rings is 1. The number of carbonyl (C=O) groups is 2. The molecule has 4 aromatic rings. The number of hydrogen-bond acceptors (Lipinski definition) is 8. The van der Waals surface area contributed by atoms with Gasteiger partial charge in [0.15, 0.2) is 0 Å². The average Bonchev–Trinajstić information content (AvgIpc) is 3.06. The molecule has 0 radical (unpaired) electrons. The van der Waals surface area contributed by atoms with Gasteiger partial charge in [-0.2, -0.15) is 0 Å². The van der Waals surface area contributed by atoms with E-state index in [9.17, 15) is 19.5 Å². The Kier molecular flexibility index (Phi) is 8.45. The van der Waals surface area contributed by atoms with Crippen LogP contribution < -0.4 is 15.8 Å². The lowest BCUT2D eigenvalue weighted by Gasteiger charge is -2.31. The molecule has 6 rings (SSSR count). The Balaban J connectivity index is 1.28.